The molecule has 1 atom stereocenters. The molecular weight excluding hydrogens is 500 g/mol. The standard InChI is InChI=1S/C26H22N2O8S/c1-13-23(25(32)34-3)37-26(27-13)28-20(15-6-4-5-7-16(15)33-2)19(22(30)24(28)31)21(29)14-8-9-17-18(12-14)36-11-10-35-17/h4-9,12,20,29H,10-11H2,1-3H3/b21-19+. The molecule has 0 spiro atoms. The Morgan fingerprint density at radius 1 is 1.11 bits per heavy atom. The Labute approximate surface area is 215 Å². The van der Waals surface area contributed by atoms with E-state index >= 15 is 0 Å². The minimum atomic E-state index is -1.08. The number of aliphatic hydroxyl groups is 1. The van der Waals surface area contributed by atoms with Gasteiger partial charge in [-0.15, -0.1) is 0 Å². The number of para-hydroxylation sites is 1. The quantitative estimate of drug-likeness (QED) is 0.231. The first kappa shape index (κ1) is 24.3. The minimum Gasteiger partial charge on any atom is -0.507 e. The number of aromatic nitrogens is 1. The van der Waals surface area contributed by atoms with E-state index in [2.05, 4.69) is 4.98 Å². The van der Waals surface area contributed by atoms with Crippen molar-refractivity contribution in [2.75, 3.05) is 32.3 Å². The van der Waals surface area contributed by atoms with Crippen LogP contribution in [0.25, 0.3) is 5.76 Å². The van der Waals surface area contributed by atoms with Crippen LogP contribution in [-0.2, 0) is 14.3 Å². The molecule has 37 heavy (non-hydrogen) atoms. The Bertz CT molecular complexity index is 1460. The van der Waals surface area contributed by atoms with Gasteiger partial charge in [0.2, 0.25) is 0 Å². The van der Waals surface area contributed by atoms with Gasteiger partial charge < -0.3 is 24.1 Å². The summed E-state index contributed by atoms with van der Waals surface area (Å²) in [6, 6.07) is 10.5. The monoisotopic (exact) mass is 522 g/mol. The fraction of sp³-hybridized carbons (Fsp3) is 0.231. The zero-order chi connectivity index (χ0) is 26.3. The van der Waals surface area contributed by atoms with Crippen molar-refractivity contribution in [3.05, 3.63) is 69.7 Å². The van der Waals surface area contributed by atoms with Gasteiger partial charge in [0.15, 0.2) is 16.6 Å². The number of aliphatic hydroxyl groups excluding tert-OH is 1. The van der Waals surface area contributed by atoms with E-state index in [1.807, 2.05) is 0 Å². The fourth-order valence-corrected chi connectivity index (χ4v) is 5.34. The van der Waals surface area contributed by atoms with Gasteiger partial charge in [-0.1, -0.05) is 29.5 Å². The van der Waals surface area contributed by atoms with Crippen molar-refractivity contribution in [2.45, 2.75) is 13.0 Å². The van der Waals surface area contributed by atoms with Crippen molar-refractivity contribution >= 4 is 39.9 Å². The molecule has 0 saturated carbocycles. The lowest BCUT2D eigenvalue weighted by Gasteiger charge is -2.24. The highest BCUT2D eigenvalue weighted by Gasteiger charge is 2.49. The Hall–Kier alpha value is -4.38. The number of ether oxygens (including phenoxy) is 4. The molecular formula is C26H22N2O8S. The average molecular weight is 523 g/mol. The molecule has 5 rings (SSSR count). The van der Waals surface area contributed by atoms with E-state index in [4.69, 9.17) is 18.9 Å². The van der Waals surface area contributed by atoms with Gasteiger partial charge in [-0.25, -0.2) is 9.78 Å². The van der Waals surface area contributed by atoms with E-state index in [1.54, 1.807) is 49.4 Å². The largest absolute Gasteiger partial charge is 0.507 e. The lowest BCUT2D eigenvalue weighted by Crippen LogP contribution is -2.29. The third-order valence-electron chi connectivity index (χ3n) is 6.06. The number of benzene rings is 2. The summed E-state index contributed by atoms with van der Waals surface area (Å²) in [6.07, 6.45) is 0. The number of carbonyl (C=O) groups is 3. The fourth-order valence-electron chi connectivity index (χ4n) is 4.33. The molecule has 1 aromatic heterocycles. The topological polar surface area (TPSA) is 124 Å². The molecule has 2 aliphatic rings. The number of anilines is 1. The first-order chi connectivity index (χ1) is 17.8. The molecule has 2 aliphatic heterocycles. The molecule has 190 valence electrons. The van der Waals surface area contributed by atoms with E-state index in [9.17, 15) is 19.5 Å². The maximum atomic E-state index is 13.4. The van der Waals surface area contributed by atoms with Crippen LogP contribution in [0.5, 0.6) is 17.2 Å². The van der Waals surface area contributed by atoms with Crippen LogP contribution in [0.1, 0.15) is 32.5 Å². The van der Waals surface area contributed by atoms with Crippen LogP contribution in [0, 0.1) is 6.92 Å². The van der Waals surface area contributed by atoms with Crippen LogP contribution < -0.4 is 19.1 Å². The summed E-state index contributed by atoms with van der Waals surface area (Å²) in [7, 11) is 2.71. The number of hydrogen-bond acceptors (Lipinski definition) is 10. The molecule has 11 heteroatoms. The van der Waals surface area contributed by atoms with E-state index in [0.29, 0.717) is 41.7 Å². The summed E-state index contributed by atoms with van der Waals surface area (Å²) in [5.41, 5.74) is 0.918. The number of rotatable bonds is 5. The third-order valence-corrected chi connectivity index (χ3v) is 7.19. The second-order valence-electron chi connectivity index (χ2n) is 8.17. The lowest BCUT2D eigenvalue weighted by atomic mass is 9.94. The van der Waals surface area contributed by atoms with E-state index < -0.39 is 29.5 Å². The predicted molar refractivity (Wildman–Crippen MR) is 133 cm³/mol. The molecule has 1 N–H and O–H groups in total. The lowest BCUT2D eigenvalue weighted by molar-refractivity contribution is -0.132. The number of aryl methyl sites for hydroxylation is 1. The molecule has 1 amide bonds. The van der Waals surface area contributed by atoms with E-state index in [1.165, 1.54) is 19.1 Å². The van der Waals surface area contributed by atoms with Crippen molar-refractivity contribution in [3.63, 3.8) is 0 Å². The molecule has 3 heterocycles. The van der Waals surface area contributed by atoms with E-state index in [-0.39, 0.29) is 21.1 Å². The van der Waals surface area contributed by atoms with E-state index in [0.717, 1.165) is 11.3 Å². The zero-order valence-electron chi connectivity index (χ0n) is 20.1. The number of thiazole rings is 1. The van der Waals surface area contributed by atoms with Crippen molar-refractivity contribution in [2.24, 2.45) is 0 Å². The first-order valence-electron chi connectivity index (χ1n) is 11.2. The second-order valence-corrected chi connectivity index (χ2v) is 9.15. The molecule has 2 aromatic carbocycles. The van der Waals surface area contributed by atoms with Crippen molar-refractivity contribution in [3.8, 4) is 17.2 Å². The molecule has 3 aromatic rings. The van der Waals surface area contributed by atoms with Crippen molar-refractivity contribution in [1.29, 1.82) is 0 Å². The molecule has 1 saturated heterocycles. The highest BCUT2D eigenvalue weighted by molar-refractivity contribution is 7.17. The summed E-state index contributed by atoms with van der Waals surface area (Å²) in [5, 5.41) is 11.5. The average Bonchev–Trinajstić information content (AvgIpc) is 3.43. The summed E-state index contributed by atoms with van der Waals surface area (Å²) >= 11 is 0.921. The van der Waals surface area contributed by atoms with Crippen LogP contribution >= 0.6 is 11.3 Å². The number of nitrogens with zero attached hydrogens (tertiary/aromatic N) is 2. The number of fused-ring (bicyclic) bond motifs is 1. The number of Topliss-reactive ketones (excluding diaryl/α,β-unsaturated/α-hetero) is 1. The highest BCUT2D eigenvalue weighted by atomic mass is 32.1. The van der Waals surface area contributed by atoms with Crippen molar-refractivity contribution < 1.29 is 38.4 Å². The number of amides is 1. The zero-order valence-corrected chi connectivity index (χ0v) is 21.0. The number of ketones is 1. The maximum Gasteiger partial charge on any atom is 0.350 e. The van der Waals surface area contributed by atoms with Gasteiger partial charge in [0.1, 0.15) is 35.6 Å². The highest BCUT2D eigenvalue weighted by Crippen LogP contribution is 2.46. The number of esters is 1. The van der Waals surface area contributed by atoms with Gasteiger partial charge in [-0.3, -0.25) is 14.5 Å². The Balaban J connectivity index is 1.72. The third kappa shape index (κ3) is 4.06. The summed E-state index contributed by atoms with van der Waals surface area (Å²) in [6.45, 7) is 2.35. The smallest absolute Gasteiger partial charge is 0.350 e. The first-order valence-corrected chi connectivity index (χ1v) is 12.1. The van der Waals surface area contributed by atoms with Crippen LogP contribution in [-0.4, -0.2) is 55.2 Å². The van der Waals surface area contributed by atoms with Crippen LogP contribution in [0.4, 0.5) is 5.13 Å². The second kappa shape index (κ2) is 9.58. The van der Waals surface area contributed by atoms with Gasteiger partial charge in [0.25, 0.3) is 5.78 Å². The minimum absolute atomic E-state index is 0.108. The Kier molecular flexibility index (Phi) is 6.30. The molecule has 0 bridgehead atoms. The molecule has 0 radical (unpaired) electrons. The van der Waals surface area contributed by atoms with Gasteiger partial charge in [0.05, 0.1) is 25.5 Å². The maximum absolute atomic E-state index is 13.4. The summed E-state index contributed by atoms with van der Waals surface area (Å²) in [4.78, 5) is 44.8. The SMILES string of the molecule is COC(=O)c1sc(N2C(=O)C(=O)/C(=C(/O)c3ccc4c(c3)OCCO4)C2c2ccccc2OC)nc1C. The van der Waals surface area contributed by atoms with Crippen LogP contribution in [0.3, 0.4) is 0 Å². The molecule has 1 fully saturated rings. The van der Waals surface area contributed by atoms with Crippen LogP contribution in [0.2, 0.25) is 0 Å². The van der Waals surface area contributed by atoms with Gasteiger partial charge in [0, 0.05) is 11.1 Å². The van der Waals surface area contributed by atoms with Gasteiger partial charge in [-0.05, 0) is 31.2 Å². The summed E-state index contributed by atoms with van der Waals surface area (Å²) in [5.74, 6) is -1.49. The Morgan fingerprint density at radius 3 is 2.57 bits per heavy atom. The number of hydrogen-bond donors (Lipinski definition) is 1. The van der Waals surface area contributed by atoms with Crippen LogP contribution in [0.15, 0.2) is 48.0 Å². The Morgan fingerprint density at radius 2 is 1.84 bits per heavy atom. The van der Waals surface area contributed by atoms with Gasteiger partial charge in [-0.2, -0.15) is 0 Å². The number of carbonyl (C=O) groups excluding carboxylic acids is 3. The molecule has 1 unspecified atom stereocenters. The predicted octanol–water partition coefficient (Wildman–Crippen LogP) is 3.64. The van der Waals surface area contributed by atoms with Crippen molar-refractivity contribution in [1.82, 2.24) is 4.98 Å². The normalized spacial score (nSPS) is 18.1. The summed E-state index contributed by atoms with van der Waals surface area (Å²) < 4.78 is 21.5. The molecule has 10 nitrogen and oxygen atoms in total. The van der Waals surface area contributed by atoms with Gasteiger partial charge >= 0.3 is 11.9 Å². The molecule has 0 aliphatic carbocycles. The number of methoxy groups -OCH3 is 2.